The summed E-state index contributed by atoms with van der Waals surface area (Å²) in [4.78, 5) is 25.0. The van der Waals surface area contributed by atoms with E-state index in [9.17, 15) is 14.7 Å². The minimum atomic E-state index is -1.04. The molecule has 0 fully saturated rings. The molecule has 1 N–H and O–H groups in total. The smallest absolute Gasteiger partial charge is 0.330 e. The summed E-state index contributed by atoms with van der Waals surface area (Å²) in [6, 6.07) is 0. The Morgan fingerprint density at radius 3 is 2.72 bits per heavy atom. The number of aliphatic hydroxyl groups is 1. The lowest BCUT2D eigenvalue weighted by Crippen LogP contribution is -2.30. The molecule has 0 saturated carbocycles. The van der Waals surface area contributed by atoms with E-state index in [0.29, 0.717) is 18.9 Å². The highest BCUT2D eigenvalue weighted by Crippen LogP contribution is 2.25. The average molecular weight is 497 g/mol. The average Bonchev–Trinajstić information content (AvgIpc) is 2.81. The summed E-state index contributed by atoms with van der Waals surface area (Å²) < 4.78 is 17.4. The first-order chi connectivity index (χ1) is 17.3. The van der Waals surface area contributed by atoms with E-state index in [-0.39, 0.29) is 36.9 Å². The van der Waals surface area contributed by atoms with Crippen LogP contribution in [0.15, 0.2) is 72.4 Å². The second-order valence-electron chi connectivity index (χ2n) is 10.2. The van der Waals surface area contributed by atoms with Crippen LogP contribution < -0.4 is 0 Å². The molecular weight excluding hydrogens is 456 g/mol. The zero-order chi connectivity index (χ0) is 25.9. The zero-order valence-electron chi connectivity index (χ0n) is 21.5. The van der Waals surface area contributed by atoms with E-state index < -0.39 is 18.2 Å². The Morgan fingerprint density at radius 1 is 1.11 bits per heavy atom. The maximum atomic E-state index is 12.5. The summed E-state index contributed by atoms with van der Waals surface area (Å²) in [5.41, 5.74) is 2.13. The van der Waals surface area contributed by atoms with Gasteiger partial charge < -0.3 is 19.3 Å². The van der Waals surface area contributed by atoms with Gasteiger partial charge in [-0.15, -0.1) is 0 Å². The van der Waals surface area contributed by atoms with Crippen molar-refractivity contribution in [2.45, 2.75) is 89.3 Å². The van der Waals surface area contributed by atoms with Crippen molar-refractivity contribution in [1.82, 2.24) is 0 Å². The number of ether oxygens (including phenoxy) is 3. The Kier molecular flexibility index (Phi) is 11.1. The highest BCUT2D eigenvalue weighted by Gasteiger charge is 2.23. The molecule has 6 nitrogen and oxygen atoms in total. The van der Waals surface area contributed by atoms with Crippen LogP contribution >= 0.6 is 0 Å². The van der Waals surface area contributed by atoms with Crippen molar-refractivity contribution in [2.75, 3.05) is 6.61 Å². The molecule has 6 heteroatoms. The van der Waals surface area contributed by atoms with Crippen molar-refractivity contribution in [3.63, 3.8) is 0 Å². The third-order valence-electron chi connectivity index (χ3n) is 6.57. The van der Waals surface area contributed by atoms with Crippen molar-refractivity contribution < 1.29 is 28.9 Å². The van der Waals surface area contributed by atoms with Crippen LogP contribution in [0.2, 0.25) is 0 Å². The molecule has 0 spiro atoms. The first kappa shape index (κ1) is 28.0. The summed E-state index contributed by atoms with van der Waals surface area (Å²) in [5.74, 6) is -0.244. The van der Waals surface area contributed by atoms with Crippen molar-refractivity contribution >= 4 is 11.8 Å². The monoisotopic (exact) mass is 496 g/mol. The molecule has 36 heavy (non-hydrogen) atoms. The molecule has 2 bridgehead atoms. The molecule has 3 rings (SSSR count). The molecule has 0 aromatic rings. The van der Waals surface area contributed by atoms with Crippen molar-refractivity contribution in [3.05, 3.63) is 72.4 Å². The predicted molar refractivity (Wildman–Crippen MR) is 140 cm³/mol. The third kappa shape index (κ3) is 9.84. The molecule has 0 saturated heterocycles. The molecule has 0 amide bonds. The second-order valence-corrected chi connectivity index (χ2v) is 10.2. The summed E-state index contributed by atoms with van der Waals surface area (Å²) in [7, 11) is 0. The van der Waals surface area contributed by atoms with Crippen molar-refractivity contribution in [2.24, 2.45) is 5.92 Å². The van der Waals surface area contributed by atoms with Gasteiger partial charge in [-0.1, -0.05) is 67.2 Å². The second kappa shape index (κ2) is 14.3. The number of carbonyl (C=O) groups excluding carboxylic acids is 2. The van der Waals surface area contributed by atoms with Crippen LogP contribution in [0.4, 0.5) is 0 Å². The van der Waals surface area contributed by atoms with E-state index in [0.717, 1.165) is 31.3 Å². The number of aliphatic hydroxyl groups excluding tert-OH is 1. The standard InChI is InChI=1S/C30H40O6/c1-21-15-16-34-26(19-21)13-14-28(32)29-11-4-7-24(31)18-22(2)17-23(3)20-27-10-5-8-25(35-27)9-6-12-30(33)36-29/h4-8,12-15,23,25-29,32H,2,9-11,16-20H2,1,3H3/b7-4+,12-6-,14-13+/t23-,25-,26+,27-,28-,29-/m0/s1. The Labute approximate surface area is 215 Å². The van der Waals surface area contributed by atoms with Crippen LogP contribution in [0.1, 0.15) is 58.8 Å². The van der Waals surface area contributed by atoms with Crippen molar-refractivity contribution in [1.29, 1.82) is 0 Å². The molecule has 0 radical (unpaired) electrons. The van der Waals surface area contributed by atoms with E-state index in [1.165, 1.54) is 17.7 Å². The Bertz CT molecular complexity index is 924. The third-order valence-corrected chi connectivity index (χ3v) is 6.57. The lowest BCUT2D eigenvalue weighted by atomic mass is 9.92. The van der Waals surface area contributed by atoms with E-state index in [2.05, 4.69) is 19.6 Å². The van der Waals surface area contributed by atoms with Crippen molar-refractivity contribution in [3.8, 4) is 0 Å². The number of cyclic esters (lactones) is 1. The Hall–Kier alpha value is -2.54. The fourth-order valence-corrected chi connectivity index (χ4v) is 4.76. The minimum Gasteiger partial charge on any atom is -0.456 e. The van der Waals surface area contributed by atoms with Gasteiger partial charge in [0, 0.05) is 18.9 Å². The van der Waals surface area contributed by atoms with Gasteiger partial charge >= 0.3 is 5.97 Å². The maximum Gasteiger partial charge on any atom is 0.330 e. The predicted octanol–water partition coefficient (Wildman–Crippen LogP) is 5.10. The largest absolute Gasteiger partial charge is 0.456 e. The fourth-order valence-electron chi connectivity index (χ4n) is 4.76. The van der Waals surface area contributed by atoms with Crippen LogP contribution in [0, 0.1) is 5.92 Å². The fraction of sp³-hybridized carbons (Fsp3) is 0.533. The van der Waals surface area contributed by atoms with Gasteiger partial charge in [0.2, 0.25) is 0 Å². The van der Waals surface area contributed by atoms with Gasteiger partial charge in [-0.05, 0) is 51.0 Å². The number of hydrogen-bond acceptors (Lipinski definition) is 6. The molecule has 0 unspecified atom stereocenters. The molecule has 3 aliphatic rings. The van der Waals surface area contributed by atoms with E-state index in [1.807, 2.05) is 19.1 Å². The Morgan fingerprint density at radius 2 is 1.92 bits per heavy atom. The van der Waals surface area contributed by atoms with Crippen LogP contribution in [0.3, 0.4) is 0 Å². The number of ketones is 1. The SMILES string of the molecule is C=C1CC(=O)/C=C/C[C@@H]([C@@H](O)/C=C/[C@@H]2CC(C)=CCO2)OC(=O)/C=C\C[C@@H]2C=CC[C@@H](C[C@@H](C)C1)O2. The van der Waals surface area contributed by atoms with E-state index in [1.54, 1.807) is 24.3 Å². The molecule has 0 aromatic heterocycles. The minimum absolute atomic E-state index is 0.0573. The summed E-state index contributed by atoms with van der Waals surface area (Å²) in [5, 5.41) is 10.8. The quantitative estimate of drug-likeness (QED) is 0.432. The molecule has 0 aromatic carbocycles. The van der Waals surface area contributed by atoms with Gasteiger partial charge in [-0.3, -0.25) is 4.79 Å². The van der Waals surface area contributed by atoms with Crippen LogP contribution in [-0.4, -0.2) is 54.0 Å². The number of fused-ring (bicyclic) bond motifs is 2. The summed E-state index contributed by atoms with van der Waals surface area (Å²) in [6.45, 7) is 8.84. The number of carbonyl (C=O) groups is 2. The van der Waals surface area contributed by atoms with Gasteiger partial charge in [0.1, 0.15) is 12.2 Å². The van der Waals surface area contributed by atoms with E-state index in [4.69, 9.17) is 14.2 Å². The lowest BCUT2D eigenvalue weighted by molar-refractivity contribution is -0.147. The van der Waals surface area contributed by atoms with Gasteiger partial charge in [0.25, 0.3) is 0 Å². The maximum absolute atomic E-state index is 12.5. The highest BCUT2D eigenvalue weighted by atomic mass is 16.6. The van der Waals surface area contributed by atoms with Gasteiger partial charge in [0.15, 0.2) is 5.78 Å². The number of rotatable bonds is 3. The molecule has 6 atom stereocenters. The molecule has 3 heterocycles. The van der Waals surface area contributed by atoms with Crippen LogP contribution in [0.25, 0.3) is 0 Å². The summed E-state index contributed by atoms with van der Waals surface area (Å²) in [6.07, 6.45) is 18.2. The highest BCUT2D eigenvalue weighted by molar-refractivity contribution is 5.91. The van der Waals surface area contributed by atoms with Gasteiger partial charge in [-0.2, -0.15) is 0 Å². The van der Waals surface area contributed by atoms with Crippen LogP contribution in [0.5, 0.6) is 0 Å². The molecule has 3 aliphatic heterocycles. The number of esters is 1. The molecule has 196 valence electrons. The van der Waals surface area contributed by atoms with Gasteiger partial charge in [-0.25, -0.2) is 4.79 Å². The first-order valence-electron chi connectivity index (χ1n) is 13.0. The lowest BCUT2D eigenvalue weighted by Gasteiger charge is -2.28. The summed E-state index contributed by atoms with van der Waals surface area (Å²) >= 11 is 0. The number of hydrogen-bond donors (Lipinski definition) is 1. The molecule has 0 aliphatic carbocycles. The first-order valence-corrected chi connectivity index (χ1v) is 13.0. The Balaban J connectivity index is 1.70. The molecular formula is C30H40O6. The normalized spacial score (nSPS) is 33.8. The van der Waals surface area contributed by atoms with E-state index >= 15 is 0 Å². The van der Waals surface area contributed by atoms with Gasteiger partial charge in [0.05, 0.1) is 24.9 Å². The van der Waals surface area contributed by atoms with Crippen LogP contribution in [-0.2, 0) is 23.8 Å². The topological polar surface area (TPSA) is 82.1 Å². The zero-order valence-corrected chi connectivity index (χ0v) is 21.5. The number of allylic oxidation sites excluding steroid dienone is 2.